The fraction of sp³-hybridized carbons (Fsp3) is 0.684. The first-order valence-corrected chi connectivity index (χ1v) is 8.82. The molecule has 2 bridgehead atoms. The van der Waals surface area contributed by atoms with Crippen LogP contribution in [0, 0.1) is 11.8 Å². The third kappa shape index (κ3) is 3.11. The summed E-state index contributed by atoms with van der Waals surface area (Å²) in [5, 5.41) is 0. The van der Waals surface area contributed by atoms with E-state index >= 15 is 0 Å². The molecule has 2 aliphatic carbocycles. The topological polar surface area (TPSA) is 12.5 Å². The monoisotopic (exact) mass is 285 g/mol. The highest BCUT2D eigenvalue weighted by atomic mass is 16.5. The van der Waals surface area contributed by atoms with E-state index in [1.54, 1.807) is 0 Å². The smallest absolute Gasteiger partial charge is 0.0612 e. The largest absolute Gasteiger partial charge is 0.375 e. The highest BCUT2D eigenvalue weighted by Gasteiger charge is 2.35. The molecule has 1 unspecified atom stereocenters. The Hall–Kier alpha value is -1.02. The van der Waals surface area contributed by atoms with E-state index < -0.39 is 0 Å². The fourth-order valence-electron chi connectivity index (χ4n) is 4.72. The number of hydrogen-bond acceptors (Lipinski definition) is 2. The number of fused-ring (bicyclic) bond motifs is 2. The fourth-order valence-corrected chi connectivity index (χ4v) is 4.72. The van der Waals surface area contributed by atoms with Crippen molar-refractivity contribution in [1.29, 1.82) is 0 Å². The molecule has 0 N–H and O–H groups in total. The van der Waals surface area contributed by atoms with E-state index in [2.05, 4.69) is 35.2 Å². The van der Waals surface area contributed by atoms with Gasteiger partial charge in [-0.3, -0.25) is 0 Å². The van der Waals surface area contributed by atoms with Gasteiger partial charge >= 0.3 is 0 Å². The van der Waals surface area contributed by atoms with Crippen LogP contribution in [0.2, 0.25) is 0 Å². The van der Waals surface area contributed by atoms with Gasteiger partial charge in [0.25, 0.3) is 0 Å². The van der Waals surface area contributed by atoms with E-state index in [0.29, 0.717) is 12.2 Å². The number of ether oxygens (including phenoxy) is 1. The molecule has 0 spiro atoms. The molecule has 1 aromatic carbocycles. The predicted molar refractivity (Wildman–Crippen MR) is 86.6 cm³/mol. The lowest BCUT2D eigenvalue weighted by Gasteiger charge is -2.37. The van der Waals surface area contributed by atoms with Gasteiger partial charge in [0.2, 0.25) is 0 Å². The summed E-state index contributed by atoms with van der Waals surface area (Å²) in [6.45, 7) is 2.29. The van der Waals surface area contributed by atoms with Crippen LogP contribution in [0.1, 0.15) is 44.9 Å². The van der Waals surface area contributed by atoms with E-state index in [4.69, 9.17) is 4.74 Å². The van der Waals surface area contributed by atoms with Crippen LogP contribution in [-0.2, 0) is 4.74 Å². The van der Waals surface area contributed by atoms with Gasteiger partial charge in [0, 0.05) is 18.8 Å². The van der Waals surface area contributed by atoms with Gasteiger partial charge in [0.1, 0.15) is 0 Å². The molecule has 3 atom stereocenters. The molecule has 1 aromatic rings. The van der Waals surface area contributed by atoms with Gasteiger partial charge in [-0.25, -0.2) is 0 Å². The summed E-state index contributed by atoms with van der Waals surface area (Å²) >= 11 is 0. The third-order valence-corrected chi connectivity index (χ3v) is 5.79. The zero-order valence-corrected chi connectivity index (χ0v) is 12.9. The maximum Gasteiger partial charge on any atom is 0.0612 e. The molecule has 1 saturated heterocycles. The molecule has 2 nitrogen and oxygen atoms in total. The zero-order chi connectivity index (χ0) is 14.1. The Morgan fingerprint density at radius 1 is 0.762 bits per heavy atom. The standard InChI is InChI=1S/C19H27NO/c1-2-4-17(5-3-1)20-10-8-18(9-11-20)21-19-13-15-6-7-16(12-15)14-19/h1-5,15-16,18-19H,6-14H2/t15-,16+,19?. The SMILES string of the molecule is c1ccc(N2CCC(OC3C[C@H]4CC[C@@H](C3)C4)CC2)cc1. The number of piperidine rings is 1. The average Bonchev–Trinajstić information content (AvgIpc) is 2.88. The van der Waals surface area contributed by atoms with Crippen LogP contribution >= 0.6 is 0 Å². The molecule has 0 radical (unpaired) electrons. The van der Waals surface area contributed by atoms with Crippen LogP contribution in [0.25, 0.3) is 0 Å². The quantitative estimate of drug-likeness (QED) is 0.823. The van der Waals surface area contributed by atoms with E-state index in [0.717, 1.165) is 24.9 Å². The molecule has 114 valence electrons. The first-order chi connectivity index (χ1) is 10.4. The molecule has 3 aliphatic rings. The van der Waals surface area contributed by atoms with Crippen LogP contribution in [0.15, 0.2) is 30.3 Å². The van der Waals surface area contributed by atoms with E-state index in [-0.39, 0.29) is 0 Å². The summed E-state index contributed by atoms with van der Waals surface area (Å²) in [7, 11) is 0. The number of hydrogen-bond donors (Lipinski definition) is 0. The Labute approximate surface area is 128 Å². The average molecular weight is 285 g/mol. The van der Waals surface area contributed by atoms with Gasteiger partial charge in [0.15, 0.2) is 0 Å². The summed E-state index contributed by atoms with van der Waals surface area (Å²) in [5.74, 6) is 1.97. The lowest BCUT2D eigenvalue weighted by Crippen LogP contribution is -2.39. The summed E-state index contributed by atoms with van der Waals surface area (Å²) in [6, 6.07) is 10.8. The Morgan fingerprint density at radius 3 is 2.10 bits per heavy atom. The predicted octanol–water partition coefficient (Wildman–Crippen LogP) is 4.25. The second-order valence-corrected chi connectivity index (χ2v) is 7.30. The maximum atomic E-state index is 6.47. The summed E-state index contributed by atoms with van der Waals surface area (Å²) < 4.78 is 6.47. The van der Waals surface area contributed by atoms with Crippen LogP contribution in [0.4, 0.5) is 5.69 Å². The molecular formula is C19H27NO. The molecule has 1 aliphatic heterocycles. The molecule has 2 heteroatoms. The van der Waals surface area contributed by atoms with Crippen molar-refractivity contribution in [2.24, 2.45) is 11.8 Å². The Bertz CT molecular complexity index is 440. The number of benzene rings is 1. The lowest BCUT2D eigenvalue weighted by atomic mass is 9.87. The molecular weight excluding hydrogens is 258 g/mol. The van der Waals surface area contributed by atoms with Crippen molar-refractivity contribution in [3.63, 3.8) is 0 Å². The number of para-hydroxylation sites is 1. The Kier molecular flexibility index (Phi) is 3.89. The Balaban J connectivity index is 1.28. The van der Waals surface area contributed by atoms with Gasteiger partial charge < -0.3 is 9.64 Å². The Morgan fingerprint density at radius 2 is 1.43 bits per heavy atom. The van der Waals surface area contributed by atoms with Gasteiger partial charge in [-0.05, 0) is 56.1 Å². The van der Waals surface area contributed by atoms with Gasteiger partial charge in [-0.15, -0.1) is 0 Å². The zero-order valence-electron chi connectivity index (χ0n) is 12.9. The lowest BCUT2D eigenvalue weighted by molar-refractivity contribution is -0.0515. The maximum absolute atomic E-state index is 6.47. The minimum absolute atomic E-state index is 0.507. The number of anilines is 1. The van der Waals surface area contributed by atoms with Crippen molar-refractivity contribution in [1.82, 2.24) is 0 Å². The molecule has 2 saturated carbocycles. The van der Waals surface area contributed by atoms with Crippen molar-refractivity contribution in [3.05, 3.63) is 30.3 Å². The van der Waals surface area contributed by atoms with Crippen molar-refractivity contribution in [2.45, 2.75) is 57.2 Å². The van der Waals surface area contributed by atoms with Crippen molar-refractivity contribution < 1.29 is 4.74 Å². The van der Waals surface area contributed by atoms with E-state index in [1.807, 2.05) is 0 Å². The van der Waals surface area contributed by atoms with Gasteiger partial charge in [0.05, 0.1) is 12.2 Å². The molecule has 0 aromatic heterocycles. The van der Waals surface area contributed by atoms with Gasteiger partial charge in [-0.1, -0.05) is 31.0 Å². The summed E-state index contributed by atoms with van der Waals surface area (Å²) in [4.78, 5) is 2.50. The number of nitrogens with zero attached hydrogens (tertiary/aromatic N) is 1. The van der Waals surface area contributed by atoms with Crippen molar-refractivity contribution >= 4 is 5.69 Å². The van der Waals surface area contributed by atoms with Crippen LogP contribution in [-0.4, -0.2) is 25.3 Å². The highest BCUT2D eigenvalue weighted by Crippen LogP contribution is 2.43. The molecule has 4 rings (SSSR count). The third-order valence-electron chi connectivity index (χ3n) is 5.79. The van der Waals surface area contributed by atoms with Crippen LogP contribution < -0.4 is 4.90 Å². The molecule has 1 heterocycles. The van der Waals surface area contributed by atoms with E-state index in [1.165, 1.54) is 50.6 Å². The summed E-state index contributed by atoms with van der Waals surface area (Å²) in [5.41, 5.74) is 1.37. The van der Waals surface area contributed by atoms with Crippen molar-refractivity contribution in [2.75, 3.05) is 18.0 Å². The molecule has 0 amide bonds. The van der Waals surface area contributed by atoms with E-state index in [9.17, 15) is 0 Å². The first kappa shape index (κ1) is 13.6. The molecule has 3 fully saturated rings. The normalized spacial score (nSPS) is 33.3. The van der Waals surface area contributed by atoms with Crippen molar-refractivity contribution in [3.8, 4) is 0 Å². The van der Waals surface area contributed by atoms with Gasteiger partial charge in [-0.2, -0.15) is 0 Å². The first-order valence-electron chi connectivity index (χ1n) is 8.82. The minimum atomic E-state index is 0.507. The molecule has 21 heavy (non-hydrogen) atoms. The summed E-state index contributed by atoms with van der Waals surface area (Å²) in [6.07, 6.45) is 10.6. The van der Waals surface area contributed by atoms with Crippen LogP contribution in [0.5, 0.6) is 0 Å². The highest BCUT2D eigenvalue weighted by molar-refractivity contribution is 5.46. The second kappa shape index (κ2) is 6.00. The number of rotatable bonds is 3. The minimum Gasteiger partial charge on any atom is -0.375 e. The van der Waals surface area contributed by atoms with Crippen LogP contribution in [0.3, 0.4) is 0 Å². The second-order valence-electron chi connectivity index (χ2n) is 7.30.